The number of carbonyl (C=O) groups excluding carboxylic acids is 2. The van der Waals surface area contributed by atoms with Gasteiger partial charge in [-0.2, -0.15) is 0 Å². The predicted molar refractivity (Wildman–Crippen MR) is 240 cm³/mol. The van der Waals surface area contributed by atoms with E-state index in [0.29, 0.717) is 41.4 Å². The molecule has 0 unspecified atom stereocenters. The molecule has 2 atom stereocenters. The molecular formula is C45H53Cl3Na2O12S3. The van der Waals surface area contributed by atoms with Gasteiger partial charge in [-0.25, -0.2) is 25.3 Å². The van der Waals surface area contributed by atoms with E-state index in [2.05, 4.69) is 0 Å². The van der Waals surface area contributed by atoms with Crippen LogP contribution in [0, 0.1) is 17.8 Å². The summed E-state index contributed by atoms with van der Waals surface area (Å²) in [6.45, 7) is 0. The maximum Gasteiger partial charge on any atom is 1.00 e. The van der Waals surface area contributed by atoms with Crippen molar-refractivity contribution in [1.82, 2.24) is 0 Å². The molecular weight excluding hydrogens is 981 g/mol. The Balaban J connectivity index is 0.000000330. The number of rotatable bonds is 14. The van der Waals surface area contributed by atoms with Gasteiger partial charge in [-0.15, -0.1) is 0 Å². The Morgan fingerprint density at radius 2 is 0.954 bits per heavy atom. The molecule has 0 spiro atoms. The van der Waals surface area contributed by atoms with Gasteiger partial charge in [0.25, 0.3) is 0 Å². The zero-order valence-electron chi connectivity index (χ0n) is 37.4. The molecule has 0 saturated heterocycles. The minimum atomic E-state index is -3.43. The number of hydrogen-bond donors (Lipinski definition) is 1. The van der Waals surface area contributed by atoms with E-state index < -0.39 is 59.3 Å². The average molecular weight is 1030 g/mol. The summed E-state index contributed by atoms with van der Waals surface area (Å²) in [5, 5.41) is 32.4. The molecule has 3 aliphatic rings. The van der Waals surface area contributed by atoms with Crippen molar-refractivity contribution < 1.29 is 114 Å². The molecule has 3 saturated carbocycles. The van der Waals surface area contributed by atoms with Crippen LogP contribution >= 0.6 is 34.8 Å². The third kappa shape index (κ3) is 18.1. The van der Waals surface area contributed by atoms with Gasteiger partial charge in [0.2, 0.25) is 0 Å². The Morgan fingerprint density at radius 1 is 0.600 bits per heavy atom. The standard InChI is InChI=1S/2C15H19ClO4S.C15H17ClO4S.2Na/c3*1-21(19,20)14-7-6-11(9-13(14)16)12(15(17)18)8-10-4-2-3-5-10;;/h2*6-7,9-10,12H,2-5,8H2,1H3,(H,17,18);6-10H,2-5H2,1H3,(H,17,18);;/q;;;2*+1/p-2/b;;12-8+;;/t2*12-;;;/m11.../s1. The Morgan fingerprint density at radius 3 is 1.29 bits per heavy atom. The number of allylic oxidation sites excluding steroid dienone is 1. The van der Waals surface area contributed by atoms with Gasteiger partial charge in [-0.3, -0.25) is 4.79 Å². The van der Waals surface area contributed by atoms with Crippen LogP contribution in [0.15, 0.2) is 75.4 Å². The molecule has 3 aliphatic carbocycles. The van der Waals surface area contributed by atoms with E-state index in [0.717, 1.165) is 95.8 Å². The predicted octanol–water partition coefficient (Wildman–Crippen LogP) is 1.72. The molecule has 0 amide bonds. The van der Waals surface area contributed by atoms with Gasteiger partial charge in [0.1, 0.15) is 0 Å². The Hall–Kier alpha value is -1.47. The first-order valence-electron chi connectivity index (χ1n) is 20.7. The van der Waals surface area contributed by atoms with E-state index >= 15 is 0 Å². The van der Waals surface area contributed by atoms with E-state index in [1.165, 1.54) is 48.5 Å². The van der Waals surface area contributed by atoms with Gasteiger partial charge >= 0.3 is 65.1 Å². The number of carboxylic acid groups (broad SMARTS) is 3. The average Bonchev–Trinajstić information content (AvgIpc) is 3.99. The first kappa shape index (κ1) is 59.7. The summed E-state index contributed by atoms with van der Waals surface area (Å²) in [6.07, 6.45) is 18.9. The number of carboxylic acids is 3. The molecule has 20 heteroatoms. The van der Waals surface area contributed by atoms with E-state index in [1.54, 1.807) is 12.1 Å². The number of aliphatic carboxylic acids is 3. The fourth-order valence-electron chi connectivity index (χ4n) is 8.59. The molecule has 3 aromatic rings. The van der Waals surface area contributed by atoms with Crippen LogP contribution in [0.5, 0.6) is 0 Å². The second-order valence-corrected chi connectivity index (χ2v) is 24.0. The Kier molecular flexibility index (Phi) is 24.3. The topological polar surface area (TPSA) is 220 Å². The maximum absolute atomic E-state index is 11.5. The maximum atomic E-state index is 11.5. The molecule has 6 rings (SSSR count). The van der Waals surface area contributed by atoms with Crippen molar-refractivity contribution in [3.8, 4) is 0 Å². The van der Waals surface area contributed by atoms with E-state index in [-0.39, 0.29) is 100 Å². The number of halogens is 3. The third-order valence-corrected chi connectivity index (χ3v) is 16.6. The monoisotopic (exact) mass is 1030 g/mol. The summed E-state index contributed by atoms with van der Waals surface area (Å²) < 4.78 is 69.2. The van der Waals surface area contributed by atoms with Crippen LogP contribution in [-0.4, -0.2) is 67.0 Å². The number of carbonyl (C=O) groups is 3. The smallest absolute Gasteiger partial charge is 0.549 e. The number of benzene rings is 3. The molecule has 3 aromatic carbocycles. The molecule has 0 aromatic heterocycles. The van der Waals surface area contributed by atoms with E-state index in [1.807, 2.05) is 0 Å². The van der Waals surface area contributed by atoms with E-state index in [9.17, 15) is 55.0 Å². The zero-order valence-corrected chi connectivity index (χ0v) is 46.1. The quantitative estimate of drug-likeness (QED) is 0.180. The molecule has 0 aliphatic heterocycles. The van der Waals surface area contributed by atoms with Crippen molar-refractivity contribution in [2.45, 2.75) is 116 Å². The first-order chi connectivity index (χ1) is 29.4. The van der Waals surface area contributed by atoms with Crippen molar-refractivity contribution >= 4 is 87.8 Å². The summed E-state index contributed by atoms with van der Waals surface area (Å²) in [6, 6.07) is 12.9. The van der Waals surface area contributed by atoms with Crippen LogP contribution in [-0.2, 0) is 43.9 Å². The van der Waals surface area contributed by atoms with Crippen molar-refractivity contribution in [3.63, 3.8) is 0 Å². The van der Waals surface area contributed by atoms with E-state index in [4.69, 9.17) is 34.8 Å². The van der Waals surface area contributed by atoms with Crippen LogP contribution < -0.4 is 69.3 Å². The van der Waals surface area contributed by atoms with Crippen LogP contribution in [0.1, 0.15) is 118 Å². The van der Waals surface area contributed by atoms with Gasteiger partial charge in [0, 0.05) is 36.2 Å². The molecule has 0 radical (unpaired) electrons. The van der Waals surface area contributed by atoms with Gasteiger partial charge in [0.05, 0.1) is 41.6 Å². The van der Waals surface area contributed by atoms with Gasteiger partial charge < -0.3 is 24.9 Å². The van der Waals surface area contributed by atoms with Crippen molar-refractivity contribution in [1.29, 1.82) is 0 Å². The Bertz CT molecular complexity index is 2400. The molecule has 0 bridgehead atoms. The van der Waals surface area contributed by atoms with Crippen LogP contribution in [0.3, 0.4) is 0 Å². The summed E-state index contributed by atoms with van der Waals surface area (Å²) in [4.78, 5) is 34.3. The van der Waals surface area contributed by atoms with Gasteiger partial charge in [-0.05, 0) is 96.5 Å². The van der Waals surface area contributed by atoms with Crippen LogP contribution in [0.25, 0.3) is 5.57 Å². The third-order valence-electron chi connectivity index (χ3n) is 11.9. The second kappa shape index (κ2) is 26.5. The summed E-state index contributed by atoms with van der Waals surface area (Å²) in [7, 11) is -10.2. The van der Waals surface area contributed by atoms with Crippen molar-refractivity contribution in [2.24, 2.45) is 17.8 Å². The summed E-state index contributed by atoms with van der Waals surface area (Å²) >= 11 is 18.0. The molecule has 1 N–H and O–H groups in total. The number of hydrogen-bond acceptors (Lipinski definition) is 11. The molecule has 0 heterocycles. The fourth-order valence-corrected chi connectivity index (χ4v) is 12.6. The van der Waals surface area contributed by atoms with Crippen LogP contribution in [0.2, 0.25) is 15.1 Å². The summed E-state index contributed by atoms with van der Waals surface area (Å²) in [5.74, 6) is -3.61. The van der Waals surface area contributed by atoms with Gasteiger partial charge in [-0.1, -0.05) is 123 Å². The SMILES string of the molecule is CS(=O)(=O)c1ccc(/C(=C\C2CCCC2)C(=O)[O-])cc1Cl.CS(=O)(=O)c1ccc([C@@H](CC2CCCC2)C(=O)O)cc1Cl.CS(=O)(=O)c1ccc([C@@H](CC2CCCC2)C(=O)[O-])cc1Cl.[Na+].[Na+]. The number of sulfone groups is 3. The Labute approximate surface area is 442 Å². The van der Waals surface area contributed by atoms with Crippen molar-refractivity contribution in [3.05, 3.63) is 92.4 Å². The minimum absolute atomic E-state index is 0. The second-order valence-electron chi connectivity index (χ2n) is 16.8. The normalized spacial score (nSPS) is 17.0. The van der Waals surface area contributed by atoms with Crippen molar-refractivity contribution in [2.75, 3.05) is 18.8 Å². The zero-order chi connectivity index (χ0) is 46.9. The molecule has 12 nitrogen and oxygen atoms in total. The minimum Gasteiger partial charge on any atom is -0.549 e. The molecule has 3 fully saturated rings. The van der Waals surface area contributed by atoms with Crippen LogP contribution in [0.4, 0.5) is 0 Å². The van der Waals surface area contributed by atoms with Gasteiger partial charge in [0.15, 0.2) is 29.5 Å². The molecule has 346 valence electrons. The summed E-state index contributed by atoms with van der Waals surface area (Å²) in [5.41, 5.74) is 1.54. The first-order valence-corrected chi connectivity index (χ1v) is 27.5. The fraction of sp³-hybridized carbons (Fsp3) is 0.489. The largest absolute Gasteiger partial charge is 1.00 e. The molecule has 65 heavy (non-hydrogen) atoms.